The Kier molecular flexibility index (Phi) is 2.82. The molecule has 0 radical (unpaired) electrons. The van der Waals surface area contributed by atoms with E-state index in [4.69, 9.17) is 5.73 Å². The summed E-state index contributed by atoms with van der Waals surface area (Å²) in [6, 6.07) is 10.3. The highest BCUT2D eigenvalue weighted by atomic mass is 15.0. The fourth-order valence-corrected chi connectivity index (χ4v) is 1.84. The van der Waals surface area contributed by atoms with Gasteiger partial charge >= 0.3 is 0 Å². The van der Waals surface area contributed by atoms with Crippen molar-refractivity contribution in [3.63, 3.8) is 0 Å². The fourth-order valence-electron chi connectivity index (χ4n) is 1.84. The molecule has 1 aliphatic heterocycles. The van der Waals surface area contributed by atoms with Crippen LogP contribution in [0.4, 0.5) is 0 Å². The Morgan fingerprint density at radius 3 is 2.14 bits per heavy atom. The molecule has 0 saturated carbocycles. The highest BCUT2D eigenvalue weighted by Crippen LogP contribution is 2.16. The molecule has 1 aliphatic rings. The van der Waals surface area contributed by atoms with Crippen LogP contribution in [0, 0.1) is 0 Å². The Hall–Kier alpha value is -0.900. The minimum absolute atomic E-state index is 0.266. The lowest BCUT2D eigenvalue weighted by Gasteiger charge is -2.28. The summed E-state index contributed by atoms with van der Waals surface area (Å²) < 4.78 is 0. The van der Waals surface area contributed by atoms with Gasteiger partial charge in [-0.3, -0.25) is 0 Å². The lowest BCUT2D eigenvalue weighted by molar-refractivity contribution is 0.425. The Morgan fingerprint density at radius 2 is 1.57 bits per heavy atom. The fraction of sp³-hybridized carbons (Fsp3) is 0.455. The molecule has 76 valence electrons. The predicted octanol–water partition coefficient (Wildman–Crippen LogP) is 0.0334. The van der Waals surface area contributed by atoms with Crippen LogP contribution in [0.5, 0.6) is 0 Å². The number of rotatable bonds is 1. The van der Waals surface area contributed by atoms with Crippen LogP contribution >= 0.6 is 0 Å². The standard InChI is InChI=1S/C11H17N3/c12-11(8-13-6-7-14-9-11)10-4-2-1-3-5-10/h1-5,13-14H,6-9,12H2. The van der Waals surface area contributed by atoms with Crippen LogP contribution in [-0.4, -0.2) is 26.2 Å². The first-order chi connectivity index (χ1) is 6.81. The molecule has 3 nitrogen and oxygen atoms in total. The second-order valence-corrected chi connectivity index (χ2v) is 3.88. The number of benzene rings is 1. The third kappa shape index (κ3) is 1.95. The summed E-state index contributed by atoms with van der Waals surface area (Å²) in [5, 5.41) is 6.70. The summed E-state index contributed by atoms with van der Waals surface area (Å²) in [5.74, 6) is 0. The molecule has 1 fully saturated rings. The summed E-state index contributed by atoms with van der Waals surface area (Å²) in [5.41, 5.74) is 7.29. The highest BCUT2D eigenvalue weighted by Gasteiger charge is 2.27. The van der Waals surface area contributed by atoms with Gasteiger partial charge < -0.3 is 16.4 Å². The number of nitrogens with two attached hydrogens (primary N) is 1. The van der Waals surface area contributed by atoms with Gasteiger partial charge in [0.15, 0.2) is 0 Å². The number of hydrogen-bond donors (Lipinski definition) is 3. The second kappa shape index (κ2) is 4.09. The average molecular weight is 191 g/mol. The molecule has 0 atom stereocenters. The van der Waals surface area contributed by atoms with Crippen molar-refractivity contribution in [3.8, 4) is 0 Å². The van der Waals surface area contributed by atoms with Crippen molar-refractivity contribution in [1.82, 2.24) is 10.6 Å². The quantitative estimate of drug-likeness (QED) is 0.587. The molecule has 0 amide bonds. The minimum atomic E-state index is -0.266. The molecule has 1 saturated heterocycles. The Balaban J connectivity index is 2.21. The third-order valence-electron chi connectivity index (χ3n) is 2.71. The Labute approximate surface area is 84.7 Å². The molecule has 2 rings (SSSR count). The minimum Gasteiger partial charge on any atom is -0.319 e. The van der Waals surface area contributed by atoms with E-state index in [-0.39, 0.29) is 5.54 Å². The van der Waals surface area contributed by atoms with Crippen molar-refractivity contribution in [2.24, 2.45) is 5.73 Å². The van der Waals surface area contributed by atoms with Crippen LogP contribution in [0.2, 0.25) is 0 Å². The third-order valence-corrected chi connectivity index (χ3v) is 2.71. The van der Waals surface area contributed by atoms with E-state index >= 15 is 0 Å². The van der Waals surface area contributed by atoms with E-state index < -0.39 is 0 Å². The summed E-state index contributed by atoms with van der Waals surface area (Å²) >= 11 is 0. The van der Waals surface area contributed by atoms with Crippen LogP contribution in [0.15, 0.2) is 30.3 Å². The molecular weight excluding hydrogens is 174 g/mol. The largest absolute Gasteiger partial charge is 0.319 e. The first-order valence-electron chi connectivity index (χ1n) is 5.07. The van der Waals surface area contributed by atoms with Crippen molar-refractivity contribution in [2.45, 2.75) is 5.54 Å². The van der Waals surface area contributed by atoms with E-state index in [1.54, 1.807) is 0 Å². The van der Waals surface area contributed by atoms with E-state index in [9.17, 15) is 0 Å². The van der Waals surface area contributed by atoms with Gasteiger partial charge in [-0.2, -0.15) is 0 Å². The summed E-state index contributed by atoms with van der Waals surface area (Å²) in [6.45, 7) is 3.66. The summed E-state index contributed by atoms with van der Waals surface area (Å²) in [4.78, 5) is 0. The van der Waals surface area contributed by atoms with Crippen LogP contribution in [-0.2, 0) is 5.54 Å². The maximum atomic E-state index is 6.36. The van der Waals surface area contributed by atoms with E-state index in [1.807, 2.05) is 18.2 Å². The molecule has 3 heteroatoms. The lowest BCUT2D eigenvalue weighted by Crippen LogP contribution is -2.49. The second-order valence-electron chi connectivity index (χ2n) is 3.88. The molecule has 0 unspecified atom stereocenters. The normalized spacial score (nSPS) is 21.5. The molecule has 1 heterocycles. The average Bonchev–Trinajstić information content (AvgIpc) is 2.46. The van der Waals surface area contributed by atoms with Crippen molar-refractivity contribution in [2.75, 3.05) is 26.2 Å². The van der Waals surface area contributed by atoms with Gasteiger partial charge in [0.1, 0.15) is 0 Å². The van der Waals surface area contributed by atoms with Crippen LogP contribution in [0.3, 0.4) is 0 Å². The molecule has 1 aromatic carbocycles. The molecule has 1 aromatic rings. The SMILES string of the molecule is NC1(c2ccccc2)CNCCNC1. The van der Waals surface area contributed by atoms with Gasteiger partial charge in [-0.15, -0.1) is 0 Å². The molecule has 0 spiro atoms. The monoisotopic (exact) mass is 191 g/mol. The van der Waals surface area contributed by atoms with E-state index in [2.05, 4.69) is 22.8 Å². The van der Waals surface area contributed by atoms with Gasteiger partial charge in [-0.1, -0.05) is 30.3 Å². The van der Waals surface area contributed by atoms with Gasteiger partial charge in [-0.25, -0.2) is 0 Å². The van der Waals surface area contributed by atoms with Crippen LogP contribution in [0.1, 0.15) is 5.56 Å². The van der Waals surface area contributed by atoms with E-state index in [0.717, 1.165) is 26.2 Å². The van der Waals surface area contributed by atoms with E-state index in [1.165, 1.54) is 5.56 Å². The molecule has 14 heavy (non-hydrogen) atoms. The highest BCUT2D eigenvalue weighted by molar-refractivity contribution is 5.25. The summed E-state index contributed by atoms with van der Waals surface area (Å²) in [7, 11) is 0. The number of hydrogen-bond acceptors (Lipinski definition) is 3. The van der Waals surface area contributed by atoms with Gasteiger partial charge in [0.05, 0.1) is 5.54 Å². The maximum absolute atomic E-state index is 6.36. The first-order valence-corrected chi connectivity index (χ1v) is 5.07. The molecule has 0 aliphatic carbocycles. The molecular formula is C11H17N3. The Morgan fingerprint density at radius 1 is 1.00 bits per heavy atom. The van der Waals surface area contributed by atoms with Crippen LogP contribution < -0.4 is 16.4 Å². The van der Waals surface area contributed by atoms with Gasteiger partial charge in [0.25, 0.3) is 0 Å². The topological polar surface area (TPSA) is 50.1 Å². The maximum Gasteiger partial charge on any atom is 0.0662 e. The molecule has 0 aromatic heterocycles. The molecule has 0 bridgehead atoms. The Bertz CT molecular complexity index is 276. The van der Waals surface area contributed by atoms with Crippen molar-refractivity contribution in [3.05, 3.63) is 35.9 Å². The zero-order valence-electron chi connectivity index (χ0n) is 8.29. The van der Waals surface area contributed by atoms with Gasteiger partial charge in [0.2, 0.25) is 0 Å². The van der Waals surface area contributed by atoms with Crippen molar-refractivity contribution < 1.29 is 0 Å². The first kappa shape index (κ1) is 9.65. The zero-order chi connectivity index (χ0) is 9.86. The predicted molar refractivity (Wildman–Crippen MR) is 58.0 cm³/mol. The van der Waals surface area contributed by atoms with Crippen molar-refractivity contribution in [1.29, 1.82) is 0 Å². The van der Waals surface area contributed by atoms with E-state index in [0.29, 0.717) is 0 Å². The molecule has 4 N–H and O–H groups in total. The lowest BCUT2D eigenvalue weighted by atomic mass is 9.91. The van der Waals surface area contributed by atoms with Crippen molar-refractivity contribution >= 4 is 0 Å². The summed E-state index contributed by atoms with van der Waals surface area (Å²) in [6.07, 6.45) is 0. The van der Waals surface area contributed by atoms with Gasteiger partial charge in [-0.05, 0) is 5.56 Å². The van der Waals surface area contributed by atoms with Gasteiger partial charge in [0, 0.05) is 26.2 Å². The number of nitrogens with one attached hydrogen (secondary N) is 2. The zero-order valence-corrected chi connectivity index (χ0v) is 8.29. The smallest absolute Gasteiger partial charge is 0.0662 e. The van der Waals surface area contributed by atoms with Crippen LogP contribution in [0.25, 0.3) is 0 Å².